The minimum absolute atomic E-state index is 0.324. The van der Waals surface area contributed by atoms with Crippen LogP contribution in [0, 0.1) is 6.92 Å². The van der Waals surface area contributed by atoms with Crippen molar-refractivity contribution in [1.29, 1.82) is 0 Å². The molecule has 2 nitrogen and oxygen atoms in total. The highest BCUT2D eigenvalue weighted by molar-refractivity contribution is 5.98. The monoisotopic (exact) mass is 256 g/mol. The largest absolute Gasteiger partial charge is 0.504 e. The van der Waals surface area contributed by atoms with Gasteiger partial charge in [-0.2, -0.15) is 0 Å². The van der Waals surface area contributed by atoms with Gasteiger partial charge in [0.15, 0.2) is 11.5 Å². The third-order valence-electron chi connectivity index (χ3n) is 4.13. The Morgan fingerprint density at radius 3 is 2.58 bits per heavy atom. The number of phenolic OH excluding ortho intramolecular Hbond substituents is 1. The molecule has 3 rings (SSSR count). The number of ether oxygens (including phenoxy) is 1. The summed E-state index contributed by atoms with van der Waals surface area (Å²) in [6.45, 7) is 6.43. The first-order chi connectivity index (χ1) is 9.04. The average Bonchev–Trinajstić information content (AvgIpc) is 2.76. The molecule has 0 fully saturated rings. The van der Waals surface area contributed by atoms with Gasteiger partial charge in [0.1, 0.15) is 0 Å². The molecule has 1 N–H and O–H groups in total. The second kappa shape index (κ2) is 4.16. The smallest absolute Gasteiger partial charge is 0.164 e. The van der Waals surface area contributed by atoms with Crippen LogP contribution in [0.4, 0.5) is 0 Å². The summed E-state index contributed by atoms with van der Waals surface area (Å²) < 4.78 is 5.50. The van der Waals surface area contributed by atoms with Gasteiger partial charge in [0.25, 0.3) is 0 Å². The van der Waals surface area contributed by atoms with Gasteiger partial charge in [-0.15, -0.1) is 0 Å². The Labute approximate surface area is 114 Å². The van der Waals surface area contributed by atoms with Crippen LogP contribution in [-0.2, 0) is 12.8 Å². The average molecular weight is 256 g/mol. The molecule has 0 saturated carbocycles. The van der Waals surface area contributed by atoms with Crippen molar-refractivity contribution in [1.82, 2.24) is 0 Å². The first-order valence-electron chi connectivity index (χ1n) is 6.89. The van der Waals surface area contributed by atoms with Crippen LogP contribution in [0.15, 0.2) is 12.1 Å². The second-order valence-corrected chi connectivity index (χ2v) is 5.78. The van der Waals surface area contributed by atoms with Crippen molar-refractivity contribution in [2.45, 2.75) is 39.5 Å². The minimum atomic E-state index is 0.324. The maximum Gasteiger partial charge on any atom is 0.164 e. The lowest BCUT2D eigenvalue weighted by molar-refractivity contribution is 0.366. The number of benzene rings is 2. The van der Waals surface area contributed by atoms with Crippen molar-refractivity contribution in [3.63, 3.8) is 0 Å². The standard InChI is InChI=1S/C17H20O2/c1-9(2)14-13-8-10(3)7-11-5-6-12(15(11)13)16(18)17(14)19-4/h7-9,18H,5-6H2,1-4H3. The molecule has 2 heteroatoms. The van der Waals surface area contributed by atoms with E-state index in [0.717, 1.165) is 24.0 Å². The zero-order chi connectivity index (χ0) is 13.7. The van der Waals surface area contributed by atoms with Gasteiger partial charge >= 0.3 is 0 Å². The quantitative estimate of drug-likeness (QED) is 0.877. The second-order valence-electron chi connectivity index (χ2n) is 5.78. The van der Waals surface area contributed by atoms with Crippen LogP contribution in [0.25, 0.3) is 10.8 Å². The van der Waals surface area contributed by atoms with Crippen LogP contribution >= 0.6 is 0 Å². The molecule has 1 aliphatic rings. The first kappa shape index (κ1) is 12.3. The Kier molecular flexibility index (Phi) is 2.70. The minimum Gasteiger partial charge on any atom is -0.504 e. The highest BCUT2D eigenvalue weighted by atomic mass is 16.5. The molecule has 2 aromatic rings. The molecule has 0 aromatic heterocycles. The number of aryl methyl sites for hydroxylation is 3. The predicted molar refractivity (Wildman–Crippen MR) is 78.4 cm³/mol. The molecule has 0 saturated heterocycles. The molecule has 0 heterocycles. The van der Waals surface area contributed by atoms with E-state index in [1.165, 1.54) is 21.9 Å². The molecule has 0 bridgehead atoms. The molecule has 0 radical (unpaired) electrons. The molecule has 0 atom stereocenters. The van der Waals surface area contributed by atoms with E-state index in [9.17, 15) is 5.11 Å². The maximum absolute atomic E-state index is 10.5. The van der Waals surface area contributed by atoms with Crippen molar-refractivity contribution in [2.24, 2.45) is 0 Å². The van der Waals surface area contributed by atoms with Gasteiger partial charge in [0.2, 0.25) is 0 Å². The summed E-state index contributed by atoms with van der Waals surface area (Å²) in [5, 5.41) is 13.0. The Bertz CT molecular complexity index is 669. The van der Waals surface area contributed by atoms with E-state index in [1.807, 2.05) is 0 Å². The molecule has 2 aromatic carbocycles. The Hall–Kier alpha value is -1.70. The summed E-state index contributed by atoms with van der Waals surface area (Å²) >= 11 is 0. The lowest BCUT2D eigenvalue weighted by Gasteiger charge is -2.19. The van der Waals surface area contributed by atoms with Gasteiger partial charge < -0.3 is 9.84 Å². The fraction of sp³-hybridized carbons (Fsp3) is 0.412. The summed E-state index contributed by atoms with van der Waals surface area (Å²) in [6, 6.07) is 4.47. The van der Waals surface area contributed by atoms with Crippen molar-refractivity contribution < 1.29 is 9.84 Å². The van der Waals surface area contributed by atoms with E-state index in [0.29, 0.717) is 17.4 Å². The number of phenols is 1. The highest BCUT2D eigenvalue weighted by Gasteiger charge is 2.26. The molecule has 0 aliphatic heterocycles. The van der Waals surface area contributed by atoms with Crippen LogP contribution in [0.1, 0.15) is 42.0 Å². The zero-order valence-corrected chi connectivity index (χ0v) is 12.0. The molecule has 1 aliphatic carbocycles. The van der Waals surface area contributed by atoms with Gasteiger partial charge in [0, 0.05) is 11.1 Å². The van der Waals surface area contributed by atoms with Crippen LogP contribution in [-0.4, -0.2) is 12.2 Å². The zero-order valence-electron chi connectivity index (χ0n) is 12.0. The van der Waals surface area contributed by atoms with E-state index in [4.69, 9.17) is 4.74 Å². The van der Waals surface area contributed by atoms with Gasteiger partial charge in [-0.3, -0.25) is 0 Å². The van der Waals surface area contributed by atoms with Gasteiger partial charge in [-0.1, -0.05) is 31.5 Å². The van der Waals surface area contributed by atoms with Crippen molar-refractivity contribution in [2.75, 3.05) is 7.11 Å². The summed E-state index contributed by atoms with van der Waals surface area (Å²) in [5.41, 5.74) is 4.84. The van der Waals surface area contributed by atoms with E-state index in [-0.39, 0.29) is 0 Å². The molecule has 19 heavy (non-hydrogen) atoms. The number of rotatable bonds is 2. The Morgan fingerprint density at radius 2 is 1.95 bits per heavy atom. The third kappa shape index (κ3) is 1.62. The molecule has 100 valence electrons. The fourth-order valence-electron chi connectivity index (χ4n) is 3.42. The highest BCUT2D eigenvalue weighted by Crippen LogP contribution is 2.48. The van der Waals surface area contributed by atoms with Crippen LogP contribution < -0.4 is 4.74 Å². The topological polar surface area (TPSA) is 29.5 Å². The van der Waals surface area contributed by atoms with Gasteiger partial charge in [-0.25, -0.2) is 0 Å². The van der Waals surface area contributed by atoms with Crippen LogP contribution in [0.3, 0.4) is 0 Å². The predicted octanol–water partition coefficient (Wildman–Crippen LogP) is 4.08. The Morgan fingerprint density at radius 1 is 1.21 bits per heavy atom. The number of hydrogen-bond acceptors (Lipinski definition) is 2. The van der Waals surface area contributed by atoms with Crippen molar-refractivity contribution in [3.05, 3.63) is 34.4 Å². The number of hydrogen-bond donors (Lipinski definition) is 1. The molecule has 0 unspecified atom stereocenters. The molecular weight excluding hydrogens is 236 g/mol. The van der Waals surface area contributed by atoms with Crippen molar-refractivity contribution in [3.8, 4) is 11.5 Å². The summed E-state index contributed by atoms with van der Waals surface area (Å²) in [6.07, 6.45) is 1.93. The number of aromatic hydroxyl groups is 1. The van der Waals surface area contributed by atoms with E-state index >= 15 is 0 Å². The van der Waals surface area contributed by atoms with E-state index in [2.05, 4.69) is 32.9 Å². The first-order valence-corrected chi connectivity index (χ1v) is 6.89. The summed E-state index contributed by atoms with van der Waals surface area (Å²) in [4.78, 5) is 0. The van der Waals surface area contributed by atoms with Crippen LogP contribution in [0.5, 0.6) is 11.5 Å². The SMILES string of the molecule is COc1c(O)c2c3c(cc(C)cc3c1C(C)C)CC2. The maximum atomic E-state index is 10.5. The fourth-order valence-corrected chi connectivity index (χ4v) is 3.42. The normalized spacial score (nSPS) is 13.5. The Balaban J connectivity index is 2.53. The van der Waals surface area contributed by atoms with E-state index < -0.39 is 0 Å². The number of methoxy groups -OCH3 is 1. The lowest BCUT2D eigenvalue weighted by atomic mass is 9.90. The van der Waals surface area contributed by atoms with Crippen LogP contribution in [0.2, 0.25) is 0 Å². The summed E-state index contributed by atoms with van der Waals surface area (Å²) in [7, 11) is 1.64. The van der Waals surface area contributed by atoms with Gasteiger partial charge in [0.05, 0.1) is 7.11 Å². The lowest BCUT2D eigenvalue weighted by Crippen LogP contribution is -1.99. The van der Waals surface area contributed by atoms with Crippen molar-refractivity contribution >= 4 is 10.8 Å². The molecule has 0 amide bonds. The van der Waals surface area contributed by atoms with E-state index in [1.54, 1.807) is 7.11 Å². The summed E-state index contributed by atoms with van der Waals surface area (Å²) in [5.74, 6) is 1.34. The molecular formula is C17H20O2. The third-order valence-corrected chi connectivity index (χ3v) is 4.13. The molecule has 0 spiro atoms. The van der Waals surface area contributed by atoms with Gasteiger partial charge in [-0.05, 0) is 42.0 Å².